The molecule has 176 valence electrons. The average Bonchev–Trinajstić information content (AvgIpc) is 3.36. The summed E-state index contributed by atoms with van der Waals surface area (Å²) in [5.41, 5.74) is 9.81. The summed E-state index contributed by atoms with van der Waals surface area (Å²) in [7, 11) is 0. The Hall–Kier alpha value is -4.29. The fraction of sp³-hybridized carbons (Fsp3) is 0.0333. The molecule has 0 aliphatic heterocycles. The first kappa shape index (κ1) is 23.5. The van der Waals surface area contributed by atoms with Gasteiger partial charge in [-0.2, -0.15) is 10.2 Å². The zero-order valence-corrected chi connectivity index (χ0v) is 21.2. The van der Waals surface area contributed by atoms with Gasteiger partial charge < -0.3 is 0 Å². The van der Waals surface area contributed by atoms with E-state index in [2.05, 4.69) is 68.0 Å². The Kier molecular flexibility index (Phi) is 6.87. The highest BCUT2D eigenvalue weighted by Gasteiger charge is 2.17. The largest absolute Gasteiger partial charge is 0.291 e. The van der Waals surface area contributed by atoms with Crippen molar-refractivity contribution in [3.05, 3.63) is 130 Å². The molecule has 0 bridgehead atoms. The van der Waals surface area contributed by atoms with E-state index >= 15 is 0 Å². The van der Waals surface area contributed by atoms with Crippen molar-refractivity contribution in [1.82, 2.24) is 15.2 Å². The molecule has 36 heavy (non-hydrogen) atoms. The number of carbonyl (C=O) groups excluding carboxylic acids is 1. The molecule has 0 aliphatic carbocycles. The SMILES string of the molecule is Cc1cccc(-n2nc(C(=O)N/N=C\c3ccc(Br)cc3)cc2-c2ccc(-c3ccccc3)cc2)c1. The Morgan fingerprint density at radius 1 is 0.833 bits per heavy atom. The van der Waals surface area contributed by atoms with Crippen LogP contribution in [0.15, 0.2) is 119 Å². The first-order chi connectivity index (χ1) is 17.6. The van der Waals surface area contributed by atoms with Crippen LogP contribution in [0, 0.1) is 6.92 Å². The number of hydrogen-bond donors (Lipinski definition) is 1. The number of nitrogens with zero attached hydrogens (tertiary/aromatic N) is 3. The van der Waals surface area contributed by atoms with E-state index in [-0.39, 0.29) is 11.6 Å². The van der Waals surface area contributed by atoms with Crippen LogP contribution >= 0.6 is 15.9 Å². The summed E-state index contributed by atoms with van der Waals surface area (Å²) in [6, 6.07) is 36.0. The molecule has 0 saturated heterocycles. The lowest BCUT2D eigenvalue weighted by molar-refractivity contribution is 0.0949. The average molecular weight is 535 g/mol. The zero-order valence-electron chi connectivity index (χ0n) is 19.6. The van der Waals surface area contributed by atoms with Gasteiger partial charge in [-0.1, -0.05) is 94.8 Å². The maximum absolute atomic E-state index is 12.9. The van der Waals surface area contributed by atoms with E-state index in [0.29, 0.717) is 0 Å². The summed E-state index contributed by atoms with van der Waals surface area (Å²) < 4.78 is 2.78. The zero-order chi connectivity index (χ0) is 24.9. The lowest BCUT2D eigenvalue weighted by Gasteiger charge is -2.09. The van der Waals surface area contributed by atoms with Gasteiger partial charge in [0.25, 0.3) is 5.91 Å². The van der Waals surface area contributed by atoms with Crippen molar-refractivity contribution >= 4 is 28.1 Å². The Bertz CT molecular complexity index is 1520. The number of hydrogen-bond acceptors (Lipinski definition) is 3. The van der Waals surface area contributed by atoms with Crippen LogP contribution in [-0.2, 0) is 0 Å². The van der Waals surface area contributed by atoms with Gasteiger partial charge in [0.05, 0.1) is 17.6 Å². The van der Waals surface area contributed by atoms with Gasteiger partial charge in [-0.15, -0.1) is 0 Å². The summed E-state index contributed by atoms with van der Waals surface area (Å²) in [5, 5.41) is 8.74. The number of carbonyl (C=O) groups is 1. The summed E-state index contributed by atoms with van der Waals surface area (Å²) in [6.45, 7) is 2.03. The molecule has 0 unspecified atom stereocenters. The maximum atomic E-state index is 12.9. The Balaban J connectivity index is 1.46. The van der Waals surface area contributed by atoms with Crippen LogP contribution < -0.4 is 5.43 Å². The summed E-state index contributed by atoms with van der Waals surface area (Å²) in [5.74, 6) is -0.378. The van der Waals surface area contributed by atoms with Crippen LogP contribution in [0.5, 0.6) is 0 Å². The number of aromatic nitrogens is 2. The van der Waals surface area contributed by atoms with Crippen LogP contribution in [0.3, 0.4) is 0 Å². The van der Waals surface area contributed by atoms with Crippen LogP contribution in [-0.4, -0.2) is 21.9 Å². The minimum atomic E-state index is -0.378. The van der Waals surface area contributed by atoms with Crippen molar-refractivity contribution in [3.8, 4) is 28.1 Å². The second-order valence-electron chi connectivity index (χ2n) is 8.36. The number of rotatable bonds is 6. The van der Waals surface area contributed by atoms with Gasteiger partial charge in [0, 0.05) is 10.0 Å². The van der Waals surface area contributed by atoms with Crippen molar-refractivity contribution in [3.63, 3.8) is 0 Å². The monoisotopic (exact) mass is 534 g/mol. The van der Waals surface area contributed by atoms with Gasteiger partial charge in [0.15, 0.2) is 5.69 Å². The fourth-order valence-electron chi connectivity index (χ4n) is 3.89. The standard InChI is InChI=1S/C30H23BrN4O/c1-21-6-5-9-27(18-21)35-29(25-14-12-24(13-15-25)23-7-3-2-4-8-23)19-28(34-35)30(36)33-32-20-22-10-16-26(31)17-11-22/h2-20H,1H3,(H,33,36)/b32-20-. The third-order valence-electron chi connectivity index (χ3n) is 5.73. The van der Waals surface area contributed by atoms with Crippen molar-refractivity contribution in [2.24, 2.45) is 5.10 Å². The van der Waals surface area contributed by atoms with E-state index in [1.54, 1.807) is 17.0 Å². The van der Waals surface area contributed by atoms with Gasteiger partial charge >= 0.3 is 0 Å². The van der Waals surface area contributed by atoms with Crippen molar-refractivity contribution in [2.75, 3.05) is 0 Å². The van der Waals surface area contributed by atoms with E-state index in [1.165, 1.54) is 0 Å². The molecule has 0 saturated carbocycles. The smallest absolute Gasteiger partial charge is 0.265 e. The Labute approximate surface area is 218 Å². The van der Waals surface area contributed by atoms with Gasteiger partial charge in [0.1, 0.15) is 0 Å². The quantitative estimate of drug-likeness (QED) is 0.187. The maximum Gasteiger partial charge on any atom is 0.291 e. The molecule has 0 spiro atoms. The molecule has 6 heteroatoms. The third kappa shape index (κ3) is 5.34. The number of benzene rings is 4. The number of amides is 1. The van der Waals surface area contributed by atoms with Crippen LogP contribution in [0.1, 0.15) is 21.6 Å². The van der Waals surface area contributed by atoms with Gasteiger partial charge in [0.2, 0.25) is 0 Å². The minimum Gasteiger partial charge on any atom is -0.265 e. The van der Waals surface area contributed by atoms with Crippen molar-refractivity contribution in [1.29, 1.82) is 0 Å². The molecule has 1 amide bonds. The molecule has 0 atom stereocenters. The van der Waals surface area contributed by atoms with Crippen LogP contribution in [0.4, 0.5) is 0 Å². The van der Waals surface area contributed by atoms with E-state index in [9.17, 15) is 4.79 Å². The molecule has 5 aromatic rings. The van der Waals surface area contributed by atoms with E-state index in [1.807, 2.05) is 73.7 Å². The molecule has 5 nitrogen and oxygen atoms in total. The molecule has 1 heterocycles. The number of halogens is 1. The first-order valence-electron chi connectivity index (χ1n) is 11.5. The highest BCUT2D eigenvalue weighted by atomic mass is 79.9. The Morgan fingerprint density at radius 3 is 2.25 bits per heavy atom. The minimum absolute atomic E-state index is 0.284. The topological polar surface area (TPSA) is 59.3 Å². The molecule has 0 radical (unpaired) electrons. The van der Waals surface area contributed by atoms with E-state index < -0.39 is 0 Å². The predicted molar refractivity (Wildman–Crippen MR) is 148 cm³/mol. The van der Waals surface area contributed by atoms with E-state index in [0.717, 1.165) is 43.7 Å². The highest BCUT2D eigenvalue weighted by Crippen LogP contribution is 2.28. The summed E-state index contributed by atoms with van der Waals surface area (Å²) in [6.07, 6.45) is 1.60. The second kappa shape index (κ2) is 10.5. The van der Waals surface area contributed by atoms with Crippen LogP contribution in [0.25, 0.3) is 28.1 Å². The van der Waals surface area contributed by atoms with Crippen molar-refractivity contribution < 1.29 is 4.79 Å². The lowest BCUT2D eigenvalue weighted by atomic mass is 10.0. The van der Waals surface area contributed by atoms with Gasteiger partial charge in [-0.25, -0.2) is 10.1 Å². The van der Waals surface area contributed by atoms with Crippen LogP contribution in [0.2, 0.25) is 0 Å². The molecular formula is C30H23BrN4O. The first-order valence-corrected chi connectivity index (χ1v) is 12.3. The molecule has 0 fully saturated rings. The van der Waals surface area contributed by atoms with Crippen molar-refractivity contribution in [2.45, 2.75) is 6.92 Å². The molecule has 5 rings (SSSR count). The molecule has 1 N–H and O–H groups in total. The fourth-order valence-corrected chi connectivity index (χ4v) is 4.15. The Morgan fingerprint density at radius 2 is 1.53 bits per heavy atom. The van der Waals surface area contributed by atoms with Gasteiger partial charge in [-0.05, 0) is 59.5 Å². The number of aryl methyl sites for hydroxylation is 1. The summed E-state index contributed by atoms with van der Waals surface area (Å²) in [4.78, 5) is 12.9. The second-order valence-corrected chi connectivity index (χ2v) is 9.28. The highest BCUT2D eigenvalue weighted by molar-refractivity contribution is 9.10. The third-order valence-corrected chi connectivity index (χ3v) is 6.25. The molecule has 1 aromatic heterocycles. The molecule has 4 aromatic carbocycles. The number of hydrazone groups is 1. The molecular weight excluding hydrogens is 512 g/mol. The number of nitrogens with one attached hydrogen (secondary N) is 1. The molecule has 0 aliphatic rings. The normalized spacial score (nSPS) is 11.1. The van der Waals surface area contributed by atoms with E-state index in [4.69, 9.17) is 0 Å². The summed E-state index contributed by atoms with van der Waals surface area (Å²) >= 11 is 3.41. The predicted octanol–water partition coefficient (Wildman–Crippen LogP) is 7.04. The van der Waals surface area contributed by atoms with Gasteiger partial charge in [-0.3, -0.25) is 4.79 Å². The lowest BCUT2D eigenvalue weighted by Crippen LogP contribution is -2.18.